The molecule has 2 N–H and O–H groups in total. The third kappa shape index (κ3) is 4.19. The Labute approximate surface area is 109 Å². The number of carbonyl (C=O) groups is 2. The fourth-order valence-electron chi connectivity index (χ4n) is 1.10. The van der Waals surface area contributed by atoms with Crippen LogP contribution in [0.1, 0.15) is 23.0 Å². The molecule has 0 saturated carbocycles. The lowest BCUT2D eigenvalue weighted by atomic mass is 10.2. The SMILES string of the molecule is C=C(/N=C\C=C(/C)C(=O)O)c1cc(C(=O)O)ccn1. The molecule has 1 heterocycles. The Hall–Kier alpha value is -2.76. The molecule has 0 fully saturated rings. The number of carboxylic acids is 2. The molecule has 6 heteroatoms. The van der Waals surface area contributed by atoms with Crippen LogP contribution in [0.25, 0.3) is 5.70 Å². The average molecular weight is 260 g/mol. The number of aromatic carboxylic acids is 1. The quantitative estimate of drug-likeness (QED) is 0.621. The van der Waals surface area contributed by atoms with E-state index in [9.17, 15) is 9.59 Å². The summed E-state index contributed by atoms with van der Waals surface area (Å²) in [5, 5.41) is 17.5. The van der Waals surface area contributed by atoms with Crippen LogP contribution in [0.4, 0.5) is 0 Å². The number of rotatable bonds is 5. The molecular formula is C13H12N2O4. The lowest BCUT2D eigenvalue weighted by Gasteiger charge is -2.00. The molecule has 0 aliphatic heterocycles. The second kappa shape index (κ2) is 6.25. The van der Waals surface area contributed by atoms with Crippen LogP contribution < -0.4 is 0 Å². The zero-order valence-corrected chi connectivity index (χ0v) is 10.2. The number of allylic oxidation sites excluding steroid dienone is 1. The molecule has 6 nitrogen and oxygen atoms in total. The molecule has 0 aliphatic rings. The Morgan fingerprint density at radius 3 is 2.68 bits per heavy atom. The molecule has 0 aliphatic carbocycles. The first-order valence-corrected chi connectivity index (χ1v) is 5.24. The predicted octanol–water partition coefficient (Wildman–Crippen LogP) is 1.85. The highest BCUT2D eigenvalue weighted by atomic mass is 16.4. The van der Waals surface area contributed by atoms with Gasteiger partial charge in [0.05, 0.1) is 17.0 Å². The lowest BCUT2D eigenvalue weighted by molar-refractivity contribution is -0.132. The highest BCUT2D eigenvalue weighted by molar-refractivity contribution is 5.93. The van der Waals surface area contributed by atoms with Crippen molar-refractivity contribution in [3.8, 4) is 0 Å². The van der Waals surface area contributed by atoms with Crippen molar-refractivity contribution in [3.63, 3.8) is 0 Å². The van der Waals surface area contributed by atoms with Gasteiger partial charge in [-0.2, -0.15) is 0 Å². The van der Waals surface area contributed by atoms with Crippen molar-refractivity contribution in [2.24, 2.45) is 4.99 Å². The highest BCUT2D eigenvalue weighted by Crippen LogP contribution is 2.12. The maximum Gasteiger partial charge on any atom is 0.335 e. The maximum absolute atomic E-state index is 10.8. The Balaban J connectivity index is 2.87. The van der Waals surface area contributed by atoms with E-state index in [1.807, 2.05) is 0 Å². The molecule has 0 saturated heterocycles. The predicted molar refractivity (Wildman–Crippen MR) is 70.1 cm³/mol. The molecule has 1 aromatic rings. The summed E-state index contributed by atoms with van der Waals surface area (Å²) >= 11 is 0. The van der Waals surface area contributed by atoms with Gasteiger partial charge in [-0.3, -0.25) is 9.98 Å². The fourth-order valence-corrected chi connectivity index (χ4v) is 1.10. The van der Waals surface area contributed by atoms with Gasteiger partial charge in [0.25, 0.3) is 0 Å². The number of aliphatic carboxylic acids is 1. The first-order chi connectivity index (χ1) is 8.91. The molecule has 0 aromatic carbocycles. The van der Waals surface area contributed by atoms with Crippen LogP contribution in [-0.4, -0.2) is 33.4 Å². The number of pyridine rings is 1. The number of hydrogen-bond acceptors (Lipinski definition) is 4. The van der Waals surface area contributed by atoms with E-state index in [1.54, 1.807) is 0 Å². The van der Waals surface area contributed by atoms with E-state index in [4.69, 9.17) is 10.2 Å². The third-order valence-corrected chi connectivity index (χ3v) is 2.19. The van der Waals surface area contributed by atoms with E-state index in [0.717, 1.165) is 0 Å². The van der Waals surface area contributed by atoms with Crippen LogP contribution in [0.5, 0.6) is 0 Å². The molecule has 0 unspecified atom stereocenters. The normalized spacial score (nSPS) is 11.5. The van der Waals surface area contributed by atoms with Crippen LogP contribution in [0.15, 0.2) is 41.6 Å². The third-order valence-electron chi connectivity index (χ3n) is 2.19. The van der Waals surface area contributed by atoms with E-state index in [-0.39, 0.29) is 16.8 Å². The Kier molecular flexibility index (Phi) is 4.70. The Morgan fingerprint density at radius 1 is 1.42 bits per heavy atom. The second-order valence-electron chi connectivity index (χ2n) is 3.61. The zero-order valence-electron chi connectivity index (χ0n) is 10.2. The molecule has 0 bridgehead atoms. The Bertz CT molecular complexity index is 588. The van der Waals surface area contributed by atoms with Gasteiger partial charge in [-0.1, -0.05) is 6.58 Å². The fraction of sp³-hybridized carbons (Fsp3) is 0.0769. The van der Waals surface area contributed by atoms with Gasteiger partial charge in [-0.15, -0.1) is 0 Å². The minimum Gasteiger partial charge on any atom is -0.478 e. The average Bonchev–Trinajstić information content (AvgIpc) is 2.38. The zero-order chi connectivity index (χ0) is 14.4. The van der Waals surface area contributed by atoms with E-state index in [2.05, 4.69) is 16.6 Å². The number of aromatic nitrogens is 1. The topological polar surface area (TPSA) is 99.8 Å². The summed E-state index contributed by atoms with van der Waals surface area (Å²) in [6.45, 7) is 5.07. The van der Waals surface area contributed by atoms with Crippen LogP contribution in [0.2, 0.25) is 0 Å². The summed E-state index contributed by atoms with van der Waals surface area (Å²) in [5.74, 6) is -2.11. The van der Waals surface area contributed by atoms with Gasteiger partial charge in [-0.25, -0.2) is 9.59 Å². The van der Waals surface area contributed by atoms with Gasteiger partial charge >= 0.3 is 11.9 Å². The summed E-state index contributed by atoms with van der Waals surface area (Å²) in [6, 6.07) is 2.70. The summed E-state index contributed by atoms with van der Waals surface area (Å²) in [5.41, 5.74) is 0.775. The summed E-state index contributed by atoms with van der Waals surface area (Å²) < 4.78 is 0. The Morgan fingerprint density at radius 2 is 2.11 bits per heavy atom. The summed E-state index contributed by atoms with van der Waals surface area (Å²) in [4.78, 5) is 29.2. The smallest absolute Gasteiger partial charge is 0.335 e. The van der Waals surface area contributed by atoms with E-state index >= 15 is 0 Å². The second-order valence-corrected chi connectivity index (χ2v) is 3.61. The maximum atomic E-state index is 10.8. The van der Waals surface area contributed by atoms with Crippen molar-refractivity contribution in [1.29, 1.82) is 0 Å². The lowest BCUT2D eigenvalue weighted by Crippen LogP contribution is -1.98. The minimum atomic E-state index is -1.07. The molecule has 0 spiro atoms. The molecule has 0 atom stereocenters. The highest BCUT2D eigenvalue weighted by Gasteiger charge is 2.05. The number of carboxylic acid groups (broad SMARTS) is 2. The van der Waals surface area contributed by atoms with Crippen LogP contribution in [0, 0.1) is 0 Å². The van der Waals surface area contributed by atoms with Crippen molar-refractivity contribution in [2.75, 3.05) is 0 Å². The summed E-state index contributed by atoms with van der Waals surface area (Å²) in [7, 11) is 0. The number of nitrogens with zero attached hydrogens (tertiary/aromatic N) is 2. The minimum absolute atomic E-state index is 0.0820. The summed E-state index contributed by atoms with van der Waals surface area (Å²) in [6.07, 6.45) is 3.94. The van der Waals surface area contributed by atoms with Crippen LogP contribution in [0.3, 0.4) is 0 Å². The van der Waals surface area contributed by atoms with E-state index < -0.39 is 11.9 Å². The molecular weight excluding hydrogens is 248 g/mol. The largest absolute Gasteiger partial charge is 0.478 e. The molecule has 1 aromatic heterocycles. The molecule has 0 radical (unpaired) electrons. The van der Waals surface area contributed by atoms with Gasteiger partial charge in [0.1, 0.15) is 0 Å². The van der Waals surface area contributed by atoms with Gasteiger partial charge in [0.2, 0.25) is 0 Å². The van der Waals surface area contributed by atoms with Crippen molar-refractivity contribution in [2.45, 2.75) is 6.92 Å². The van der Waals surface area contributed by atoms with E-state index in [0.29, 0.717) is 5.69 Å². The number of hydrogen-bond donors (Lipinski definition) is 2. The van der Waals surface area contributed by atoms with Crippen LogP contribution in [-0.2, 0) is 4.79 Å². The first-order valence-electron chi connectivity index (χ1n) is 5.24. The van der Waals surface area contributed by atoms with E-state index in [1.165, 1.54) is 37.5 Å². The molecule has 98 valence electrons. The van der Waals surface area contributed by atoms with Crippen molar-refractivity contribution >= 4 is 23.9 Å². The first kappa shape index (κ1) is 14.3. The molecule has 0 amide bonds. The van der Waals surface area contributed by atoms with Gasteiger partial charge in [0.15, 0.2) is 0 Å². The van der Waals surface area contributed by atoms with Crippen LogP contribution >= 0.6 is 0 Å². The monoisotopic (exact) mass is 260 g/mol. The standard InChI is InChI=1S/C13H12N2O4/c1-8(12(16)17)3-5-14-9(2)11-7-10(13(18)19)4-6-15-11/h3-7H,2H2,1H3,(H,16,17)(H,18,19)/b8-3+,14-5-. The van der Waals surface area contributed by atoms with Gasteiger partial charge < -0.3 is 10.2 Å². The molecule has 1 rings (SSSR count). The van der Waals surface area contributed by atoms with Gasteiger partial charge in [0, 0.05) is 18.0 Å². The van der Waals surface area contributed by atoms with Gasteiger partial charge in [-0.05, 0) is 25.1 Å². The van der Waals surface area contributed by atoms with Crippen molar-refractivity contribution < 1.29 is 19.8 Å². The molecule has 19 heavy (non-hydrogen) atoms. The van der Waals surface area contributed by atoms with Crippen molar-refractivity contribution in [3.05, 3.63) is 47.8 Å². The number of aliphatic imine (C=N–C) groups is 1. The van der Waals surface area contributed by atoms with Crippen molar-refractivity contribution in [1.82, 2.24) is 4.98 Å².